The number of methoxy groups -OCH3 is 1. The van der Waals surface area contributed by atoms with Gasteiger partial charge < -0.3 is 20.1 Å². The summed E-state index contributed by atoms with van der Waals surface area (Å²) in [6.07, 6.45) is 0. The van der Waals surface area contributed by atoms with Crippen LogP contribution in [0, 0.1) is 0 Å². The van der Waals surface area contributed by atoms with Crippen LogP contribution in [0.25, 0.3) is 0 Å². The molecule has 27 heavy (non-hydrogen) atoms. The average Bonchev–Trinajstić information content (AvgIpc) is 2.65. The second kappa shape index (κ2) is 10.4. The van der Waals surface area contributed by atoms with E-state index in [2.05, 4.69) is 10.6 Å². The molecule has 0 unspecified atom stereocenters. The molecule has 7 heteroatoms. The Labute approximate surface area is 170 Å². The van der Waals surface area contributed by atoms with Crippen LogP contribution in [0.4, 0.5) is 0 Å². The lowest BCUT2D eigenvalue weighted by Crippen LogP contribution is -2.44. The molecule has 0 bridgehead atoms. The third-order valence-corrected chi connectivity index (χ3v) is 4.62. The third-order valence-electron chi connectivity index (χ3n) is 4.06. The zero-order chi connectivity index (χ0) is 19.8. The molecule has 2 N–H and O–H groups in total. The monoisotopic (exact) mass is 410 g/mol. The summed E-state index contributed by atoms with van der Waals surface area (Å²) in [5, 5.41) is 7.18. The van der Waals surface area contributed by atoms with E-state index < -0.39 is 0 Å². The lowest BCUT2D eigenvalue weighted by Gasteiger charge is -2.20. The molecule has 0 radical (unpaired) electrons. The molecule has 0 aliphatic carbocycles. The fraction of sp³-hybridized carbons (Fsp3) is 0.350. The Kier molecular flexibility index (Phi) is 8.23. The van der Waals surface area contributed by atoms with Crippen LogP contribution in [0.1, 0.15) is 25.5 Å². The number of rotatable bonds is 9. The minimum atomic E-state index is -0.363. The van der Waals surface area contributed by atoms with Gasteiger partial charge in [-0.1, -0.05) is 29.3 Å². The summed E-state index contributed by atoms with van der Waals surface area (Å²) in [5.74, 6) is 1.42. The molecule has 146 valence electrons. The first-order valence-corrected chi connectivity index (χ1v) is 9.42. The van der Waals surface area contributed by atoms with E-state index in [4.69, 9.17) is 32.7 Å². The van der Waals surface area contributed by atoms with E-state index in [1.165, 1.54) is 0 Å². The maximum atomic E-state index is 12.3. The molecule has 2 aromatic carbocycles. The van der Waals surface area contributed by atoms with E-state index in [1.54, 1.807) is 26.2 Å². The van der Waals surface area contributed by atoms with Gasteiger partial charge in [0.15, 0.2) is 0 Å². The fourth-order valence-corrected chi connectivity index (χ4v) is 3.05. The number of carbonyl (C=O) groups is 1. The second-order valence-electron chi connectivity index (χ2n) is 6.10. The normalized spacial score (nSPS) is 12.9. The first kappa shape index (κ1) is 21.4. The van der Waals surface area contributed by atoms with Crippen LogP contribution >= 0.6 is 23.2 Å². The summed E-state index contributed by atoms with van der Waals surface area (Å²) in [6.45, 7) is 4.67. The highest BCUT2D eigenvalue weighted by Gasteiger charge is 2.17. The average molecular weight is 411 g/mol. The van der Waals surface area contributed by atoms with Gasteiger partial charge in [-0.2, -0.15) is 0 Å². The van der Waals surface area contributed by atoms with Crippen molar-refractivity contribution in [1.82, 2.24) is 10.6 Å². The summed E-state index contributed by atoms with van der Waals surface area (Å²) in [4.78, 5) is 12.3. The Hall–Kier alpha value is -1.95. The summed E-state index contributed by atoms with van der Waals surface area (Å²) >= 11 is 12.1. The highest BCUT2D eigenvalue weighted by Crippen LogP contribution is 2.26. The van der Waals surface area contributed by atoms with Crippen LogP contribution < -0.4 is 20.1 Å². The standard InChI is InChI=1S/C20H24Cl2N2O3/c1-13(18-9-4-15(21)12-19(18)22)24-20(25)14(2)23-10-11-27-17-7-5-16(26-3)6-8-17/h4-9,12-14,23H,10-11H2,1-3H3,(H,24,25)/t13-,14+/m1/s1. The second-order valence-corrected chi connectivity index (χ2v) is 6.94. The zero-order valence-corrected chi connectivity index (χ0v) is 17.1. The Morgan fingerprint density at radius 3 is 2.37 bits per heavy atom. The van der Waals surface area contributed by atoms with Gasteiger partial charge in [-0.3, -0.25) is 4.79 Å². The molecule has 0 heterocycles. The number of amides is 1. The van der Waals surface area contributed by atoms with Crippen molar-refractivity contribution in [2.75, 3.05) is 20.3 Å². The molecule has 0 spiro atoms. The smallest absolute Gasteiger partial charge is 0.237 e. The number of carbonyl (C=O) groups excluding carboxylic acids is 1. The largest absolute Gasteiger partial charge is 0.497 e. The van der Waals surface area contributed by atoms with Crippen molar-refractivity contribution in [3.63, 3.8) is 0 Å². The predicted molar refractivity (Wildman–Crippen MR) is 109 cm³/mol. The third kappa shape index (κ3) is 6.61. The molecule has 1 amide bonds. The Morgan fingerprint density at radius 2 is 1.74 bits per heavy atom. The van der Waals surface area contributed by atoms with Crippen molar-refractivity contribution in [1.29, 1.82) is 0 Å². The number of nitrogens with one attached hydrogen (secondary N) is 2. The highest BCUT2D eigenvalue weighted by atomic mass is 35.5. The van der Waals surface area contributed by atoms with Crippen molar-refractivity contribution in [2.24, 2.45) is 0 Å². The van der Waals surface area contributed by atoms with E-state index >= 15 is 0 Å². The number of hydrogen-bond donors (Lipinski definition) is 2. The highest BCUT2D eigenvalue weighted by molar-refractivity contribution is 6.35. The van der Waals surface area contributed by atoms with Crippen LogP contribution in [0.2, 0.25) is 10.0 Å². The first-order valence-electron chi connectivity index (χ1n) is 8.66. The molecule has 0 aliphatic rings. The number of benzene rings is 2. The van der Waals surface area contributed by atoms with Crippen LogP contribution in [-0.2, 0) is 4.79 Å². The number of halogens is 2. The minimum Gasteiger partial charge on any atom is -0.497 e. The predicted octanol–water partition coefficient (Wildman–Crippen LogP) is 4.24. The van der Waals surface area contributed by atoms with Gasteiger partial charge in [0.2, 0.25) is 5.91 Å². The summed E-state index contributed by atoms with van der Waals surface area (Å²) < 4.78 is 10.7. The maximum Gasteiger partial charge on any atom is 0.237 e. The topological polar surface area (TPSA) is 59.6 Å². The minimum absolute atomic E-state index is 0.113. The van der Waals surface area contributed by atoms with Crippen LogP contribution in [0.5, 0.6) is 11.5 Å². The first-order chi connectivity index (χ1) is 12.9. The van der Waals surface area contributed by atoms with Gasteiger partial charge in [-0.05, 0) is 55.8 Å². The van der Waals surface area contributed by atoms with Crippen molar-refractivity contribution in [3.8, 4) is 11.5 Å². The summed E-state index contributed by atoms with van der Waals surface area (Å²) in [5.41, 5.74) is 0.824. The fourth-order valence-electron chi connectivity index (χ4n) is 2.48. The van der Waals surface area contributed by atoms with Gasteiger partial charge in [0.25, 0.3) is 0 Å². The van der Waals surface area contributed by atoms with Gasteiger partial charge >= 0.3 is 0 Å². The van der Waals surface area contributed by atoms with Crippen molar-refractivity contribution in [2.45, 2.75) is 25.9 Å². The Bertz CT molecular complexity index is 753. The lowest BCUT2D eigenvalue weighted by atomic mass is 10.1. The van der Waals surface area contributed by atoms with Crippen LogP contribution in [0.3, 0.4) is 0 Å². The maximum absolute atomic E-state index is 12.3. The van der Waals surface area contributed by atoms with Gasteiger partial charge in [-0.15, -0.1) is 0 Å². The van der Waals surface area contributed by atoms with Gasteiger partial charge in [0, 0.05) is 16.6 Å². The lowest BCUT2D eigenvalue weighted by molar-refractivity contribution is -0.123. The zero-order valence-electron chi connectivity index (χ0n) is 15.6. The molecule has 2 rings (SSSR count). The molecule has 0 saturated heterocycles. The molecule has 0 aromatic heterocycles. The van der Waals surface area contributed by atoms with E-state index in [0.29, 0.717) is 23.2 Å². The Morgan fingerprint density at radius 1 is 1.07 bits per heavy atom. The quantitative estimate of drug-likeness (QED) is 0.607. The number of ether oxygens (including phenoxy) is 2. The molecule has 0 fully saturated rings. The molecule has 0 saturated carbocycles. The summed E-state index contributed by atoms with van der Waals surface area (Å²) in [7, 11) is 1.62. The molecule has 5 nitrogen and oxygen atoms in total. The van der Waals surface area contributed by atoms with Gasteiger partial charge in [0.1, 0.15) is 18.1 Å². The van der Waals surface area contributed by atoms with Gasteiger partial charge in [0.05, 0.1) is 19.2 Å². The number of hydrogen-bond acceptors (Lipinski definition) is 4. The van der Waals surface area contributed by atoms with E-state index in [9.17, 15) is 4.79 Å². The van der Waals surface area contributed by atoms with Crippen molar-refractivity contribution >= 4 is 29.1 Å². The molecule has 2 atom stereocenters. The van der Waals surface area contributed by atoms with Crippen molar-refractivity contribution < 1.29 is 14.3 Å². The molecule has 0 aliphatic heterocycles. The summed E-state index contributed by atoms with van der Waals surface area (Å²) in [6, 6.07) is 12.0. The van der Waals surface area contributed by atoms with Gasteiger partial charge in [-0.25, -0.2) is 0 Å². The Balaban J connectivity index is 1.74. The van der Waals surface area contributed by atoms with Crippen LogP contribution in [0.15, 0.2) is 42.5 Å². The van der Waals surface area contributed by atoms with Crippen molar-refractivity contribution in [3.05, 3.63) is 58.1 Å². The van der Waals surface area contributed by atoms with E-state index in [0.717, 1.165) is 17.1 Å². The molecule has 2 aromatic rings. The van der Waals surface area contributed by atoms with E-state index in [1.807, 2.05) is 37.3 Å². The van der Waals surface area contributed by atoms with E-state index in [-0.39, 0.29) is 18.0 Å². The molecular weight excluding hydrogens is 387 g/mol. The van der Waals surface area contributed by atoms with Crippen LogP contribution in [-0.4, -0.2) is 32.2 Å². The SMILES string of the molecule is COc1ccc(OCCN[C@@H](C)C(=O)N[C@H](C)c2ccc(Cl)cc2Cl)cc1. The molecular formula is C20H24Cl2N2O3.